The van der Waals surface area contributed by atoms with Crippen LogP contribution < -0.4 is 43.4 Å². The first-order valence-electron chi connectivity index (χ1n) is 39.1. The van der Waals surface area contributed by atoms with Crippen LogP contribution in [-0.4, -0.2) is 213 Å². The minimum Gasteiger partial charge on any atom is -0.462 e. The van der Waals surface area contributed by atoms with Crippen molar-refractivity contribution < 1.29 is 134 Å². The van der Waals surface area contributed by atoms with E-state index in [4.69, 9.17) is 53.7 Å². The van der Waals surface area contributed by atoms with E-state index in [2.05, 4.69) is 30.7 Å². The number of allylic oxidation sites excluding steroid dienone is 1. The largest absolute Gasteiger partial charge is 0.462 e. The van der Waals surface area contributed by atoms with Crippen LogP contribution in [0.5, 0.6) is 5.75 Å². The van der Waals surface area contributed by atoms with E-state index in [1.54, 1.807) is 105 Å². The topological polar surface area (TPSA) is 519 Å². The lowest BCUT2D eigenvalue weighted by molar-refractivity contribution is -0.212. The van der Waals surface area contributed by atoms with Crippen LogP contribution in [0.2, 0.25) is 0 Å². The van der Waals surface area contributed by atoms with Crippen molar-refractivity contribution in [2.45, 2.75) is 136 Å². The van der Waals surface area contributed by atoms with Crippen molar-refractivity contribution in [1.29, 1.82) is 0 Å². The zero-order valence-electron chi connectivity index (χ0n) is 69.5. The molecule has 0 radical (unpaired) electrons. The smallest absolute Gasteiger partial charge is 0.459 e. The van der Waals surface area contributed by atoms with Gasteiger partial charge in [-0.15, -0.1) is 6.42 Å². The van der Waals surface area contributed by atoms with Gasteiger partial charge in [0, 0.05) is 54.1 Å². The number of alkyl halides is 4. The summed E-state index contributed by atoms with van der Waals surface area (Å²) in [6.45, 7) is 12.6. The predicted octanol–water partition coefficient (Wildman–Crippen LogP) is 3.79. The van der Waals surface area contributed by atoms with Gasteiger partial charge in [-0.3, -0.25) is 66.5 Å². The molecule has 18 atom stereocenters. The van der Waals surface area contributed by atoms with E-state index in [1.807, 2.05) is 4.98 Å². The standard InChI is InChI=1S/C26H23FN2O7.C26H21FN2O7.C23H29FN3O10P.C12H14FNO6/c2*1-3-25(35-22(33)19-12-8-5-9-13-19)17(2)26(27,16-30)36-23(25)28-15-14-20(31)29(24(28)34)21(32)18-10-6-4-7-11-18;1-5-22(32)19(30)23(24,36-20(22)27-12-11-17(28)25-21(27)31)13-34-38(33,37-16-9-7-6-8-10-16)26-15(4)18(29)35-14(2)3;1-2-11(19)9(18)12(13,6-15)20-10(11)14-4-3-7(16)5-8(14)17/h3-15,17,23,30H,1,16H2,2H3;1,4-15,17,23,30H,16H2,2H3;5-12,14-15,19-20,30,32H,1,13H2,2-4H3,(H,26,33)(H,25,28,31);2-4,9-10,15,18-19H,1,5-6H2/t2*17-,23+,25+,26+;15-,19-,20+,22+,23+,38-;9-,10+,11+,12+/m0000/s1. The Hall–Kier alpha value is -13.2. The number of ketones is 1. The number of H-pyrrole nitrogens is 1. The number of para-hydroxylation sites is 1. The van der Waals surface area contributed by atoms with Crippen molar-refractivity contribution in [3.63, 3.8) is 0 Å². The molecule has 0 saturated carbocycles. The third kappa shape index (κ3) is 19.7. The van der Waals surface area contributed by atoms with Crippen molar-refractivity contribution >= 4 is 49.2 Å². The summed E-state index contributed by atoms with van der Waals surface area (Å²) in [5.74, 6) is -17.9. The van der Waals surface area contributed by atoms with E-state index in [-0.39, 0.29) is 28.0 Å². The second-order valence-electron chi connectivity index (χ2n) is 29.9. The van der Waals surface area contributed by atoms with E-state index < -0.39 is 223 Å². The molecular formula is C87H87F4N8O30P. The van der Waals surface area contributed by atoms with Gasteiger partial charge in [0.1, 0.15) is 38.2 Å². The number of amides is 1. The normalized spacial score (nSPS) is 28.4. The molecular weight excluding hydrogens is 1740 g/mol. The Labute approximate surface area is 733 Å². The summed E-state index contributed by atoms with van der Waals surface area (Å²) in [6.07, 6.45) is 0.864. The average Bonchev–Trinajstić information content (AvgIpc) is 1.58. The Morgan fingerprint density at radius 2 is 0.992 bits per heavy atom. The molecule has 0 aliphatic carbocycles. The van der Waals surface area contributed by atoms with Gasteiger partial charge in [0.15, 0.2) is 59.7 Å². The monoisotopic (exact) mass is 1830 g/mol. The van der Waals surface area contributed by atoms with Crippen molar-refractivity contribution in [3.8, 4) is 18.1 Å². The number of hydrogen-bond acceptors (Lipinski definition) is 30. The molecule has 9 N–H and O–H groups in total. The second-order valence-corrected chi connectivity index (χ2v) is 31.6. The highest BCUT2D eigenvalue weighted by Crippen LogP contribution is 2.55. The molecule has 5 aliphatic heterocycles. The third-order valence-electron chi connectivity index (χ3n) is 21.3. The summed E-state index contributed by atoms with van der Waals surface area (Å²) >= 11 is 0. The van der Waals surface area contributed by atoms with Gasteiger partial charge in [-0.1, -0.05) is 143 Å². The lowest BCUT2D eigenvalue weighted by Crippen LogP contribution is -2.55. The van der Waals surface area contributed by atoms with Crippen molar-refractivity contribution in [2.24, 2.45) is 11.8 Å². The molecule has 0 spiro atoms. The first kappa shape index (κ1) is 98.9. The van der Waals surface area contributed by atoms with Crippen LogP contribution in [0.25, 0.3) is 0 Å². The Morgan fingerprint density at radius 1 is 0.569 bits per heavy atom. The number of terminal acetylenes is 1. The number of nitrogens with zero attached hydrogens (tertiary/aromatic N) is 6. The van der Waals surface area contributed by atoms with Crippen LogP contribution in [-0.2, 0) is 56.6 Å². The minimum absolute atomic E-state index is 0.0359. The van der Waals surface area contributed by atoms with Crippen LogP contribution in [0.3, 0.4) is 0 Å². The number of ether oxygens (including phenoxy) is 7. The highest BCUT2D eigenvalue weighted by Gasteiger charge is 2.69. The number of halogens is 4. The van der Waals surface area contributed by atoms with Gasteiger partial charge in [0.05, 0.1) is 35.5 Å². The molecule has 688 valence electrons. The Balaban J connectivity index is 0.000000184. The molecule has 3 aromatic heterocycles. The number of carbonyl (C=O) groups excluding carboxylic acids is 7. The number of hydrogen-bond donors (Lipinski definition) is 9. The summed E-state index contributed by atoms with van der Waals surface area (Å²) in [5, 5.41) is 72.5. The summed E-state index contributed by atoms with van der Waals surface area (Å²) in [5.41, 5.74) is -14.9. The maximum atomic E-state index is 16.0. The SMILES string of the molecule is C#C[C@]1(OC(=O)c2ccccc2)[C@H](n2ccc(=O)n(C(=O)c3ccccc3)c2=O)O[C@](F)(CO)[C@H]1C.C=C[C@]1(O)[C@H](N2C=CC(=O)CC2=O)O[C@](F)(CO)[C@H]1O.C=C[C@]1(O)[C@H](n2ccc(=O)[nH]c2=O)O[C@](F)(CO[P@@](=O)(N[C@@H](C)C(=O)OC(C)C)Oc2ccccc2)[C@H]1O.C=C[C@]1(OC(=O)c2ccccc2)[C@H](n2ccc(=O)n(C(=O)c3ccccc3)c2=O)O[C@](F)(CO)[C@H]1C. The van der Waals surface area contributed by atoms with E-state index >= 15 is 13.2 Å². The summed E-state index contributed by atoms with van der Waals surface area (Å²) in [6, 6.07) is 39.9. The zero-order valence-corrected chi connectivity index (χ0v) is 70.3. The molecule has 5 aromatic carbocycles. The van der Waals surface area contributed by atoms with Crippen LogP contribution in [0.15, 0.2) is 267 Å². The number of aromatic amines is 1. The molecule has 43 heteroatoms. The fourth-order valence-electron chi connectivity index (χ4n) is 14.0. The van der Waals surface area contributed by atoms with Gasteiger partial charge >= 0.3 is 42.7 Å². The van der Waals surface area contributed by atoms with Crippen molar-refractivity contribution in [3.05, 3.63) is 323 Å². The maximum absolute atomic E-state index is 16.0. The Morgan fingerprint density at radius 3 is 1.45 bits per heavy atom. The fourth-order valence-corrected chi connectivity index (χ4v) is 15.5. The van der Waals surface area contributed by atoms with E-state index in [9.17, 15) is 102 Å². The van der Waals surface area contributed by atoms with E-state index in [0.717, 1.165) is 76.8 Å². The van der Waals surface area contributed by atoms with Crippen LogP contribution >= 0.6 is 7.75 Å². The molecule has 0 bridgehead atoms. The van der Waals surface area contributed by atoms with Gasteiger partial charge in [-0.05, 0) is 93.6 Å². The molecule has 5 aliphatic rings. The lowest BCUT2D eigenvalue weighted by Gasteiger charge is -2.34. The van der Waals surface area contributed by atoms with E-state index in [1.165, 1.54) is 81.4 Å². The number of carbonyl (C=O) groups is 7. The fraction of sp³-hybridized carbons (Fsp3) is 0.322. The van der Waals surface area contributed by atoms with E-state index in [0.29, 0.717) is 18.3 Å². The molecule has 0 unspecified atom stereocenters. The summed E-state index contributed by atoms with van der Waals surface area (Å²) in [4.78, 5) is 165. The molecule has 38 nitrogen and oxygen atoms in total. The quantitative estimate of drug-likeness (QED) is 0.00747. The molecule has 1 amide bonds. The molecule has 13 rings (SSSR count). The summed E-state index contributed by atoms with van der Waals surface area (Å²) < 4.78 is 126. The molecule has 130 heavy (non-hydrogen) atoms. The zero-order chi connectivity index (χ0) is 95.6. The molecule has 8 aromatic rings. The number of aliphatic hydroxyl groups is 7. The minimum atomic E-state index is -4.58. The number of aliphatic hydroxyl groups excluding tert-OH is 5. The number of nitrogens with one attached hydrogen (secondary N) is 2. The van der Waals surface area contributed by atoms with Crippen LogP contribution in [0.4, 0.5) is 17.6 Å². The lowest BCUT2D eigenvalue weighted by atomic mass is 9.84. The first-order chi connectivity index (χ1) is 61.4. The number of rotatable bonds is 25. The Bertz CT molecular complexity index is 6100. The third-order valence-corrected chi connectivity index (χ3v) is 22.9. The van der Waals surface area contributed by atoms with Crippen LogP contribution in [0.1, 0.15) is 101 Å². The maximum Gasteiger partial charge on any atom is 0.459 e. The predicted molar refractivity (Wildman–Crippen MR) is 444 cm³/mol. The number of aromatic nitrogens is 6. The van der Waals surface area contributed by atoms with Gasteiger partial charge in [-0.25, -0.2) is 46.1 Å². The van der Waals surface area contributed by atoms with Gasteiger partial charge in [0.2, 0.25) is 23.2 Å². The molecule has 4 saturated heterocycles. The van der Waals surface area contributed by atoms with Gasteiger partial charge in [-0.2, -0.15) is 14.2 Å². The molecule has 8 heterocycles. The molecule has 4 fully saturated rings. The number of benzene rings is 5. The van der Waals surface area contributed by atoms with Crippen LogP contribution in [0, 0.1) is 24.2 Å². The van der Waals surface area contributed by atoms with Gasteiger partial charge < -0.3 is 73.4 Å². The first-order valence-corrected chi connectivity index (χ1v) is 40.7. The summed E-state index contributed by atoms with van der Waals surface area (Å²) in [7, 11) is -4.58. The average molecular weight is 1830 g/mol. The second kappa shape index (κ2) is 39.8. The highest BCUT2D eigenvalue weighted by molar-refractivity contribution is 7.52. The number of esters is 3. The van der Waals surface area contributed by atoms with Crippen molar-refractivity contribution in [2.75, 3.05) is 26.4 Å². The Kier molecular flexibility index (Phi) is 30.3. The van der Waals surface area contributed by atoms with Gasteiger partial charge in [0.25, 0.3) is 40.2 Å². The highest BCUT2D eigenvalue weighted by atomic mass is 31.2. The van der Waals surface area contributed by atoms with Crippen molar-refractivity contribution in [1.82, 2.24) is 37.8 Å².